The molecule has 0 unspecified atom stereocenters. The summed E-state index contributed by atoms with van der Waals surface area (Å²) in [4.78, 5) is 8.83. The van der Waals surface area contributed by atoms with E-state index in [-0.39, 0.29) is 5.41 Å². The van der Waals surface area contributed by atoms with Gasteiger partial charge in [0.05, 0.1) is 12.8 Å². The highest BCUT2D eigenvalue weighted by Crippen LogP contribution is 2.30. The molecular weight excluding hydrogens is 332 g/mol. The van der Waals surface area contributed by atoms with Gasteiger partial charge in [-0.25, -0.2) is 9.97 Å². The first-order valence-corrected chi connectivity index (χ1v) is 7.34. The van der Waals surface area contributed by atoms with E-state index >= 15 is 0 Å². The fraction of sp³-hybridized carbons (Fsp3) is 0.333. The third kappa shape index (κ3) is 3.85. The number of nitrogens with two attached hydrogens (primary N) is 1. The van der Waals surface area contributed by atoms with Crippen LogP contribution in [0.2, 0.25) is 0 Å². The van der Waals surface area contributed by atoms with E-state index in [0.29, 0.717) is 17.5 Å². The van der Waals surface area contributed by atoms with Crippen molar-refractivity contribution in [3.63, 3.8) is 0 Å². The van der Waals surface area contributed by atoms with Crippen LogP contribution in [-0.4, -0.2) is 17.1 Å². The van der Waals surface area contributed by atoms with Gasteiger partial charge in [0.2, 0.25) is 0 Å². The van der Waals surface area contributed by atoms with Crippen LogP contribution in [-0.2, 0) is 5.41 Å². The second-order valence-electron chi connectivity index (χ2n) is 5.72. The zero-order valence-corrected chi connectivity index (χ0v) is 14.2. The summed E-state index contributed by atoms with van der Waals surface area (Å²) < 4.78 is 6.15. The molecule has 0 aliphatic rings. The largest absolute Gasteiger partial charge is 0.497 e. The number of methoxy groups -OCH3 is 1. The van der Waals surface area contributed by atoms with Crippen molar-refractivity contribution in [2.45, 2.75) is 26.2 Å². The van der Waals surface area contributed by atoms with E-state index in [4.69, 9.17) is 10.5 Å². The molecule has 0 radical (unpaired) electrons. The smallest absolute Gasteiger partial charge is 0.138 e. The Morgan fingerprint density at radius 1 is 1.19 bits per heavy atom. The Morgan fingerprint density at radius 2 is 1.90 bits per heavy atom. The van der Waals surface area contributed by atoms with E-state index in [0.717, 1.165) is 15.9 Å². The number of nitrogens with zero attached hydrogens (tertiary/aromatic N) is 2. The lowest BCUT2D eigenvalue weighted by molar-refractivity contribution is 0.415. The molecule has 2 aromatic rings. The summed E-state index contributed by atoms with van der Waals surface area (Å²) in [5, 5.41) is 3.24. The molecule has 0 saturated carbocycles. The molecule has 0 bridgehead atoms. The van der Waals surface area contributed by atoms with Gasteiger partial charge in [0.1, 0.15) is 23.2 Å². The molecule has 0 atom stereocenters. The summed E-state index contributed by atoms with van der Waals surface area (Å²) in [6.07, 6.45) is 0. The van der Waals surface area contributed by atoms with Crippen molar-refractivity contribution < 1.29 is 4.74 Å². The van der Waals surface area contributed by atoms with Crippen molar-refractivity contribution in [1.82, 2.24) is 9.97 Å². The molecule has 1 aromatic heterocycles. The predicted molar refractivity (Wildman–Crippen MR) is 89.1 cm³/mol. The van der Waals surface area contributed by atoms with Gasteiger partial charge < -0.3 is 15.8 Å². The second-order valence-corrected chi connectivity index (χ2v) is 6.58. The van der Waals surface area contributed by atoms with E-state index in [1.54, 1.807) is 13.2 Å². The van der Waals surface area contributed by atoms with Crippen molar-refractivity contribution in [2.75, 3.05) is 18.2 Å². The van der Waals surface area contributed by atoms with Crippen LogP contribution < -0.4 is 15.8 Å². The van der Waals surface area contributed by atoms with Crippen molar-refractivity contribution >= 4 is 33.3 Å². The quantitative estimate of drug-likeness (QED) is 0.878. The number of aromatic nitrogens is 2. The van der Waals surface area contributed by atoms with Gasteiger partial charge in [0.25, 0.3) is 0 Å². The lowest BCUT2D eigenvalue weighted by Crippen LogP contribution is -2.17. The molecule has 2 rings (SSSR count). The molecule has 6 heteroatoms. The first-order valence-electron chi connectivity index (χ1n) is 6.55. The van der Waals surface area contributed by atoms with E-state index in [9.17, 15) is 0 Å². The van der Waals surface area contributed by atoms with Crippen LogP contribution in [0.3, 0.4) is 0 Å². The summed E-state index contributed by atoms with van der Waals surface area (Å²) in [7, 11) is 1.63. The van der Waals surface area contributed by atoms with Gasteiger partial charge in [-0.05, 0) is 28.1 Å². The summed E-state index contributed by atoms with van der Waals surface area (Å²) in [6.45, 7) is 6.15. The molecule has 1 heterocycles. The molecule has 21 heavy (non-hydrogen) atoms. The van der Waals surface area contributed by atoms with Gasteiger partial charge in [-0.15, -0.1) is 0 Å². The van der Waals surface area contributed by atoms with E-state index in [1.165, 1.54) is 0 Å². The number of hydrogen-bond donors (Lipinski definition) is 2. The van der Waals surface area contributed by atoms with Gasteiger partial charge >= 0.3 is 0 Å². The van der Waals surface area contributed by atoms with Crippen LogP contribution in [0.25, 0.3) is 0 Å². The minimum absolute atomic E-state index is 0.169. The highest BCUT2D eigenvalue weighted by atomic mass is 79.9. The molecule has 3 N–H and O–H groups in total. The number of rotatable bonds is 3. The number of nitrogen functional groups attached to an aromatic ring is 1. The van der Waals surface area contributed by atoms with Gasteiger partial charge in [-0.2, -0.15) is 0 Å². The maximum absolute atomic E-state index is 5.88. The fourth-order valence-corrected chi connectivity index (χ4v) is 2.08. The summed E-state index contributed by atoms with van der Waals surface area (Å²) in [6, 6.07) is 7.39. The monoisotopic (exact) mass is 350 g/mol. The minimum atomic E-state index is -0.169. The SMILES string of the molecule is COc1ccc(Br)c(Nc2cc(N)nc(C(C)(C)C)n2)c1. The maximum atomic E-state index is 5.88. The molecule has 0 fully saturated rings. The Bertz CT molecular complexity index is 653. The summed E-state index contributed by atoms with van der Waals surface area (Å²) in [5.74, 6) is 2.56. The Hall–Kier alpha value is -1.82. The van der Waals surface area contributed by atoms with Crippen molar-refractivity contribution in [1.29, 1.82) is 0 Å². The summed E-state index contributed by atoms with van der Waals surface area (Å²) >= 11 is 3.50. The van der Waals surface area contributed by atoms with Crippen LogP contribution in [0.4, 0.5) is 17.3 Å². The summed E-state index contributed by atoms with van der Waals surface area (Å²) in [5.41, 5.74) is 6.56. The third-order valence-electron chi connectivity index (χ3n) is 2.85. The number of halogens is 1. The number of ether oxygens (including phenoxy) is 1. The number of hydrogen-bond acceptors (Lipinski definition) is 5. The first kappa shape index (κ1) is 15.6. The first-order chi connectivity index (χ1) is 9.79. The van der Waals surface area contributed by atoms with Gasteiger partial charge in [-0.3, -0.25) is 0 Å². The van der Waals surface area contributed by atoms with Crippen LogP contribution in [0, 0.1) is 0 Å². The molecular formula is C15H19BrN4O. The Morgan fingerprint density at radius 3 is 2.52 bits per heavy atom. The van der Waals surface area contributed by atoms with Gasteiger partial charge in [-0.1, -0.05) is 20.8 Å². The Kier molecular flexibility index (Phi) is 4.37. The predicted octanol–water partition coefficient (Wildman–Crippen LogP) is 3.87. The lowest BCUT2D eigenvalue weighted by atomic mass is 9.96. The van der Waals surface area contributed by atoms with Crippen molar-refractivity contribution in [3.8, 4) is 5.75 Å². The van der Waals surface area contributed by atoms with Gasteiger partial charge in [0, 0.05) is 22.0 Å². The molecule has 0 aliphatic carbocycles. The fourth-order valence-electron chi connectivity index (χ4n) is 1.73. The number of benzene rings is 1. The van der Waals surface area contributed by atoms with Crippen molar-refractivity contribution in [3.05, 3.63) is 34.6 Å². The Balaban J connectivity index is 2.38. The highest BCUT2D eigenvalue weighted by Gasteiger charge is 2.19. The molecule has 5 nitrogen and oxygen atoms in total. The molecule has 1 aromatic carbocycles. The second kappa shape index (κ2) is 5.89. The minimum Gasteiger partial charge on any atom is -0.497 e. The van der Waals surface area contributed by atoms with Crippen LogP contribution in [0.1, 0.15) is 26.6 Å². The standard InChI is InChI=1S/C15H19BrN4O/c1-15(2,3)14-19-12(17)8-13(20-14)18-11-7-9(21-4)5-6-10(11)16/h5-8H,1-4H3,(H3,17,18,19,20). The van der Waals surface area contributed by atoms with Crippen LogP contribution in [0.5, 0.6) is 5.75 Å². The van der Waals surface area contributed by atoms with Gasteiger partial charge in [0.15, 0.2) is 0 Å². The van der Waals surface area contributed by atoms with E-state index < -0.39 is 0 Å². The maximum Gasteiger partial charge on any atom is 0.138 e. The lowest BCUT2D eigenvalue weighted by Gasteiger charge is -2.18. The van der Waals surface area contributed by atoms with Crippen LogP contribution >= 0.6 is 15.9 Å². The molecule has 0 spiro atoms. The highest BCUT2D eigenvalue weighted by molar-refractivity contribution is 9.10. The van der Waals surface area contributed by atoms with E-state index in [1.807, 2.05) is 39.0 Å². The number of nitrogens with one attached hydrogen (secondary N) is 1. The topological polar surface area (TPSA) is 73.1 Å². The normalized spacial score (nSPS) is 11.3. The Labute approximate surface area is 133 Å². The molecule has 0 saturated heterocycles. The van der Waals surface area contributed by atoms with Crippen LogP contribution in [0.15, 0.2) is 28.7 Å². The van der Waals surface area contributed by atoms with E-state index in [2.05, 4.69) is 31.2 Å². The molecule has 0 aliphatic heterocycles. The molecule has 0 amide bonds. The zero-order chi connectivity index (χ0) is 15.6. The number of anilines is 3. The molecule has 112 valence electrons. The third-order valence-corrected chi connectivity index (χ3v) is 3.54. The van der Waals surface area contributed by atoms with Crippen molar-refractivity contribution in [2.24, 2.45) is 0 Å². The average Bonchev–Trinajstić information content (AvgIpc) is 2.39. The average molecular weight is 351 g/mol. The zero-order valence-electron chi connectivity index (χ0n) is 12.6.